The molecule has 0 aromatic heterocycles. The van der Waals surface area contributed by atoms with Gasteiger partial charge in [-0.2, -0.15) is 0 Å². The number of hydrogen-bond donors (Lipinski definition) is 1. The molecular weight excluding hydrogens is 317 g/mol. The molecule has 3 rings (SSSR count). The quantitative estimate of drug-likeness (QED) is 0.906. The number of rotatable bonds is 3. The average Bonchev–Trinajstić information content (AvgIpc) is 2.87. The van der Waals surface area contributed by atoms with E-state index in [1.807, 2.05) is 0 Å². The van der Waals surface area contributed by atoms with E-state index in [1.54, 1.807) is 12.1 Å². The molecule has 2 aromatic rings. The topological polar surface area (TPSA) is 26.0 Å². The van der Waals surface area contributed by atoms with E-state index in [0.29, 0.717) is 12.3 Å². The Bertz CT molecular complexity index is 601. The van der Waals surface area contributed by atoms with Crippen LogP contribution in [0.25, 0.3) is 0 Å². The van der Waals surface area contributed by atoms with E-state index in [-0.39, 0.29) is 11.9 Å². The van der Waals surface area contributed by atoms with Crippen LogP contribution < -0.4 is 5.73 Å². The van der Waals surface area contributed by atoms with Gasteiger partial charge >= 0.3 is 0 Å². The van der Waals surface area contributed by atoms with Crippen molar-refractivity contribution in [1.82, 2.24) is 0 Å². The molecule has 3 heteroatoms. The second-order valence-electron chi connectivity index (χ2n) is 5.54. The summed E-state index contributed by atoms with van der Waals surface area (Å²) in [7, 11) is 0. The van der Waals surface area contributed by atoms with Crippen LogP contribution >= 0.6 is 15.9 Å². The van der Waals surface area contributed by atoms with Gasteiger partial charge in [0, 0.05) is 10.5 Å². The van der Waals surface area contributed by atoms with Gasteiger partial charge in [0.15, 0.2) is 0 Å². The van der Waals surface area contributed by atoms with Gasteiger partial charge in [0.2, 0.25) is 0 Å². The van der Waals surface area contributed by atoms with Gasteiger partial charge in [0.25, 0.3) is 0 Å². The van der Waals surface area contributed by atoms with Gasteiger partial charge in [-0.25, -0.2) is 4.39 Å². The lowest BCUT2D eigenvalue weighted by molar-refractivity contribution is 0.436. The first-order valence-corrected chi connectivity index (χ1v) is 7.69. The number of fused-ring (bicyclic) bond motifs is 1. The minimum Gasteiger partial charge on any atom is -0.327 e. The van der Waals surface area contributed by atoms with Crippen LogP contribution in [0.3, 0.4) is 0 Å². The lowest BCUT2D eigenvalue weighted by atomic mass is 9.92. The second-order valence-corrected chi connectivity index (χ2v) is 6.40. The summed E-state index contributed by atoms with van der Waals surface area (Å²) in [6.07, 6.45) is 2.77. The van der Waals surface area contributed by atoms with E-state index in [2.05, 4.69) is 40.2 Å². The van der Waals surface area contributed by atoms with Crippen molar-refractivity contribution in [3.63, 3.8) is 0 Å². The number of nitrogens with two attached hydrogens (primary N) is 1. The lowest BCUT2D eigenvalue weighted by Gasteiger charge is -2.19. The average molecular weight is 334 g/mol. The summed E-state index contributed by atoms with van der Waals surface area (Å²) >= 11 is 3.47. The van der Waals surface area contributed by atoms with Crippen LogP contribution in [0.2, 0.25) is 0 Å². The monoisotopic (exact) mass is 333 g/mol. The normalized spacial score (nSPS) is 16.1. The van der Waals surface area contributed by atoms with Crippen LogP contribution in [0.5, 0.6) is 0 Å². The van der Waals surface area contributed by atoms with Crippen molar-refractivity contribution >= 4 is 15.9 Å². The van der Waals surface area contributed by atoms with Gasteiger partial charge < -0.3 is 5.73 Å². The van der Waals surface area contributed by atoms with Crippen molar-refractivity contribution in [3.8, 4) is 0 Å². The van der Waals surface area contributed by atoms with Crippen LogP contribution in [0.4, 0.5) is 4.39 Å². The Labute approximate surface area is 127 Å². The van der Waals surface area contributed by atoms with Crippen molar-refractivity contribution in [3.05, 3.63) is 69.4 Å². The predicted octanol–water partition coefficient (Wildman–Crippen LogP) is 3.87. The fraction of sp³-hybridized carbons (Fsp3) is 0.294. The Morgan fingerprint density at radius 2 is 1.80 bits per heavy atom. The predicted molar refractivity (Wildman–Crippen MR) is 83.1 cm³/mol. The molecule has 104 valence electrons. The van der Waals surface area contributed by atoms with E-state index in [4.69, 9.17) is 5.73 Å². The van der Waals surface area contributed by atoms with E-state index in [0.717, 1.165) is 22.9 Å². The molecule has 0 saturated carbocycles. The standard InChI is InChI=1S/C17H17BrFN/c18-16-6-5-15(19)9-13(16)10-17(20)14-7-11-3-1-2-4-12(11)8-14/h1-6,9,14,17H,7-8,10,20H2. The lowest BCUT2D eigenvalue weighted by Crippen LogP contribution is -2.33. The fourth-order valence-corrected chi connectivity index (χ4v) is 3.42. The highest BCUT2D eigenvalue weighted by Gasteiger charge is 2.26. The molecule has 0 fully saturated rings. The Morgan fingerprint density at radius 3 is 2.45 bits per heavy atom. The molecule has 2 N–H and O–H groups in total. The van der Waals surface area contributed by atoms with Crippen LogP contribution in [0.15, 0.2) is 46.9 Å². The van der Waals surface area contributed by atoms with Crippen molar-refractivity contribution in [2.45, 2.75) is 25.3 Å². The second kappa shape index (κ2) is 5.66. The zero-order valence-corrected chi connectivity index (χ0v) is 12.7. The molecule has 20 heavy (non-hydrogen) atoms. The maximum atomic E-state index is 13.3. The molecule has 1 aliphatic carbocycles. The van der Waals surface area contributed by atoms with Gasteiger partial charge in [-0.15, -0.1) is 0 Å². The van der Waals surface area contributed by atoms with Gasteiger partial charge in [0.05, 0.1) is 0 Å². The van der Waals surface area contributed by atoms with E-state index < -0.39 is 0 Å². The molecule has 0 radical (unpaired) electrons. The third-order valence-electron chi connectivity index (χ3n) is 4.15. The highest BCUT2D eigenvalue weighted by atomic mass is 79.9. The summed E-state index contributed by atoms with van der Waals surface area (Å²) in [5.74, 6) is 0.243. The molecular formula is C17H17BrFN. The Balaban J connectivity index is 1.72. The summed E-state index contributed by atoms with van der Waals surface area (Å²) in [6.45, 7) is 0. The first-order valence-electron chi connectivity index (χ1n) is 6.90. The maximum Gasteiger partial charge on any atom is 0.123 e. The smallest absolute Gasteiger partial charge is 0.123 e. The molecule has 1 nitrogen and oxygen atoms in total. The molecule has 0 spiro atoms. The molecule has 0 heterocycles. The first kappa shape index (κ1) is 13.8. The molecule has 0 aliphatic heterocycles. The van der Waals surface area contributed by atoms with Crippen molar-refractivity contribution in [2.24, 2.45) is 11.7 Å². The SMILES string of the molecule is NC(Cc1cc(F)ccc1Br)C1Cc2ccccc2C1. The highest BCUT2D eigenvalue weighted by molar-refractivity contribution is 9.10. The van der Waals surface area contributed by atoms with Crippen LogP contribution in [-0.4, -0.2) is 6.04 Å². The van der Waals surface area contributed by atoms with Crippen LogP contribution in [0.1, 0.15) is 16.7 Å². The molecule has 0 bridgehead atoms. The third kappa shape index (κ3) is 2.79. The summed E-state index contributed by atoms with van der Waals surface area (Å²) in [6, 6.07) is 13.4. The Kier molecular flexibility index (Phi) is 3.90. The summed E-state index contributed by atoms with van der Waals surface area (Å²) in [5.41, 5.74) is 10.1. The third-order valence-corrected chi connectivity index (χ3v) is 4.93. The number of hydrogen-bond acceptors (Lipinski definition) is 1. The molecule has 2 aromatic carbocycles. The Morgan fingerprint density at radius 1 is 1.15 bits per heavy atom. The number of benzene rings is 2. The van der Waals surface area contributed by atoms with Crippen molar-refractivity contribution in [1.29, 1.82) is 0 Å². The van der Waals surface area contributed by atoms with Gasteiger partial charge in [-0.05, 0) is 60.1 Å². The van der Waals surface area contributed by atoms with Gasteiger partial charge in [-0.1, -0.05) is 40.2 Å². The summed E-state index contributed by atoms with van der Waals surface area (Å²) < 4.78 is 14.3. The minimum absolute atomic E-state index is 0.0560. The summed E-state index contributed by atoms with van der Waals surface area (Å²) in [5, 5.41) is 0. The van der Waals surface area contributed by atoms with E-state index in [9.17, 15) is 4.39 Å². The molecule has 0 amide bonds. The highest BCUT2D eigenvalue weighted by Crippen LogP contribution is 2.30. The minimum atomic E-state index is -0.204. The van der Waals surface area contributed by atoms with Crippen molar-refractivity contribution < 1.29 is 4.39 Å². The zero-order valence-electron chi connectivity index (χ0n) is 11.2. The molecule has 1 unspecified atom stereocenters. The number of halogens is 2. The van der Waals surface area contributed by atoms with Crippen LogP contribution in [0, 0.1) is 11.7 Å². The van der Waals surface area contributed by atoms with E-state index in [1.165, 1.54) is 17.2 Å². The first-order chi connectivity index (χ1) is 9.63. The largest absolute Gasteiger partial charge is 0.327 e. The molecule has 1 atom stereocenters. The maximum absolute atomic E-state index is 13.3. The molecule has 1 aliphatic rings. The molecule has 0 saturated heterocycles. The van der Waals surface area contributed by atoms with Crippen molar-refractivity contribution in [2.75, 3.05) is 0 Å². The van der Waals surface area contributed by atoms with E-state index >= 15 is 0 Å². The fourth-order valence-electron chi connectivity index (χ4n) is 3.02. The Hall–Kier alpha value is -1.19. The van der Waals surface area contributed by atoms with Gasteiger partial charge in [-0.3, -0.25) is 0 Å². The van der Waals surface area contributed by atoms with Crippen LogP contribution in [-0.2, 0) is 19.3 Å². The van der Waals surface area contributed by atoms with Gasteiger partial charge in [0.1, 0.15) is 5.82 Å². The summed E-state index contributed by atoms with van der Waals surface area (Å²) in [4.78, 5) is 0. The zero-order chi connectivity index (χ0) is 14.1.